The molecule has 0 bridgehead atoms. The second kappa shape index (κ2) is 4.88. The van der Waals surface area contributed by atoms with Gasteiger partial charge in [0.1, 0.15) is 11.9 Å². The molecule has 1 aromatic heterocycles. The average Bonchev–Trinajstić information content (AvgIpc) is 2.61. The molecular formula is C13H12BrFOS. The van der Waals surface area contributed by atoms with Crippen LogP contribution in [0.5, 0.6) is 0 Å². The van der Waals surface area contributed by atoms with E-state index in [9.17, 15) is 9.50 Å². The lowest BCUT2D eigenvalue weighted by molar-refractivity contribution is 0.220. The summed E-state index contributed by atoms with van der Waals surface area (Å²) in [5.74, 6) is -0.320. The first-order valence-corrected chi connectivity index (χ1v) is 6.80. The van der Waals surface area contributed by atoms with Gasteiger partial charge < -0.3 is 5.11 Å². The second-order valence-corrected chi connectivity index (χ2v) is 6.26. The van der Waals surface area contributed by atoms with Crippen molar-refractivity contribution < 1.29 is 9.50 Å². The van der Waals surface area contributed by atoms with E-state index in [1.807, 2.05) is 19.9 Å². The van der Waals surface area contributed by atoms with Crippen molar-refractivity contribution in [1.82, 2.24) is 0 Å². The Morgan fingerprint density at radius 3 is 2.53 bits per heavy atom. The molecule has 90 valence electrons. The maximum Gasteiger partial charge on any atom is 0.137 e. The summed E-state index contributed by atoms with van der Waals surface area (Å²) >= 11 is 4.78. The molecular weight excluding hydrogens is 303 g/mol. The summed E-state index contributed by atoms with van der Waals surface area (Å²) < 4.78 is 13.5. The van der Waals surface area contributed by atoms with Crippen LogP contribution in [0.25, 0.3) is 0 Å². The number of aryl methyl sites for hydroxylation is 2. The Morgan fingerprint density at radius 1 is 1.29 bits per heavy atom. The summed E-state index contributed by atoms with van der Waals surface area (Å²) in [6, 6.07) is 6.56. The van der Waals surface area contributed by atoms with Crippen LogP contribution in [0.2, 0.25) is 0 Å². The smallest absolute Gasteiger partial charge is 0.137 e. The molecule has 0 spiro atoms. The first-order valence-electron chi connectivity index (χ1n) is 5.19. The Kier molecular flexibility index (Phi) is 3.66. The van der Waals surface area contributed by atoms with Crippen molar-refractivity contribution in [1.29, 1.82) is 0 Å². The normalized spacial score (nSPS) is 12.8. The van der Waals surface area contributed by atoms with Gasteiger partial charge in [0.05, 0.1) is 4.47 Å². The van der Waals surface area contributed by atoms with E-state index in [0.29, 0.717) is 10.0 Å². The van der Waals surface area contributed by atoms with Crippen molar-refractivity contribution in [2.75, 3.05) is 0 Å². The number of aliphatic hydroxyl groups excluding tert-OH is 1. The highest BCUT2D eigenvalue weighted by atomic mass is 79.9. The van der Waals surface area contributed by atoms with Crippen LogP contribution in [0.3, 0.4) is 0 Å². The van der Waals surface area contributed by atoms with Gasteiger partial charge in [0.2, 0.25) is 0 Å². The molecule has 1 aromatic carbocycles. The largest absolute Gasteiger partial charge is 0.384 e. The zero-order valence-electron chi connectivity index (χ0n) is 9.50. The highest BCUT2D eigenvalue weighted by molar-refractivity contribution is 9.10. The van der Waals surface area contributed by atoms with E-state index in [-0.39, 0.29) is 5.82 Å². The molecule has 17 heavy (non-hydrogen) atoms. The van der Waals surface area contributed by atoms with Crippen LogP contribution < -0.4 is 0 Å². The highest BCUT2D eigenvalue weighted by Gasteiger charge is 2.16. The monoisotopic (exact) mass is 314 g/mol. The summed E-state index contributed by atoms with van der Waals surface area (Å²) in [4.78, 5) is 2.26. The lowest BCUT2D eigenvalue weighted by Crippen LogP contribution is -2.00. The molecule has 1 heterocycles. The fraction of sp³-hybridized carbons (Fsp3) is 0.231. The van der Waals surface area contributed by atoms with Crippen molar-refractivity contribution in [3.05, 3.63) is 55.4 Å². The number of hydrogen-bond donors (Lipinski definition) is 1. The van der Waals surface area contributed by atoms with Crippen LogP contribution in [0.4, 0.5) is 4.39 Å². The fourth-order valence-electron chi connectivity index (χ4n) is 1.78. The average molecular weight is 315 g/mol. The lowest BCUT2D eigenvalue weighted by Gasteiger charge is -2.11. The molecule has 0 saturated carbocycles. The third kappa shape index (κ3) is 2.59. The Labute approximate surface area is 112 Å². The van der Waals surface area contributed by atoms with Gasteiger partial charge in [-0.3, -0.25) is 0 Å². The zero-order valence-corrected chi connectivity index (χ0v) is 11.9. The Morgan fingerprint density at radius 2 is 2.00 bits per heavy atom. The number of rotatable bonds is 2. The summed E-state index contributed by atoms with van der Waals surface area (Å²) in [7, 11) is 0. The van der Waals surface area contributed by atoms with E-state index in [1.165, 1.54) is 6.07 Å². The molecule has 1 atom stereocenters. The molecule has 1 N–H and O–H groups in total. The molecule has 1 nitrogen and oxygen atoms in total. The Bertz CT molecular complexity index is 550. The zero-order chi connectivity index (χ0) is 12.6. The number of hydrogen-bond acceptors (Lipinski definition) is 2. The lowest BCUT2D eigenvalue weighted by atomic mass is 10.0. The van der Waals surface area contributed by atoms with E-state index in [2.05, 4.69) is 15.9 Å². The standard InChI is InChI=1S/C13H12BrFOS/c1-7-5-10(8(2)17-7)13(16)9-3-4-12(15)11(14)6-9/h3-6,13,16H,1-2H3. The Hall–Kier alpha value is -0.710. The molecule has 4 heteroatoms. The number of benzene rings is 1. The van der Waals surface area contributed by atoms with Crippen molar-refractivity contribution >= 4 is 27.3 Å². The molecule has 2 rings (SSSR count). The van der Waals surface area contributed by atoms with Gasteiger partial charge in [-0.1, -0.05) is 6.07 Å². The van der Waals surface area contributed by atoms with Gasteiger partial charge in [0.15, 0.2) is 0 Å². The minimum absolute atomic E-state index is 0.320. The first kappa shape index (κ1) is 12.7. The van der Waals surface area contributed by atoms with Gasteiger partial charge in [0, 0.05) is 9.75 Å². The number of thiophene rings is 1. The third-order valence-corrected chi connectivity index (χ3v) is 4.22. The van der Waals surface area contributed by atoms with Crippen molar-refractivity contribution in [2.45, 2.75) is 20.0 Å². The highest BCUT2D eigenvalue weighted by Crippen LogP contribution is 2.32. The van der Waals surface area contributed by atoms with Gasteiger partial charge in [-0.05, 0) is 59.1 Å². The molecule has 0 aliphatic carbocycles. The van der Waals surface area contributed by atoms with E-state index in [1.54, 1.807) is 23.5 Å². The van der Waals surface area contributed by atoms with E-state index < -0.39 is 6.10 Å². The third-order valence-electron chi connectivity index (χ3n) is 2.63. The van der Waals surface area contributed by atoms with E-state index >= 15 is 0 Å². The Balaban J connectivity index is 2.40. The maximum absolute atomic E-state index is 13.1. The molecule has 1 unspecified atom stereocenters. The predicted molar refractivity (Wildman–Crippen MR) is 72.0 cm³/mol. The topological polar surface area (TPSA) is 20.2 Å². The van der Waals surface area contributed by atoms with Crippen molar-refractivity contribution in [2.24, 2.45) is 0 Å². The van der Waals surface area contributed by atoms with E-state index in [0.717, 1.165) is 15.3 Å². The molecule has 0 amide bonds. The van der Waals surface area contributed by atoms with Crippen LogP contribution in [-0.2, 0) is 0 Å². The molecule has 2 aromatic rings. The van der Waals surface area contributed by atoms with Gasteiger partial charge in [-0.15, -0.1) is 11.3 Å². The number of halogens is 2. The van der Waals surface area contributed by atoms with Crippen LogP contribution >= 0.6 is 27.3 Å². The van der Waals surface area contributed by atoms with Gasteiger partial charge in [0.25, 0.3) is 0 Å². The predicted octanol–water partition coefficient (Wildman–Crippen LogP) is 4.35. The summed E-state index contributed by atoms with van der Waals surface area (Å²) in [5.41, 5.74) is 1.59. The van der Waals surface area contributed by atoms with Crippen molar-refractivity contribution in [3.8, 4) is 0 Å². The molecule has 0 fully saturated rings. The molecule has 0 radical (unpaired) electrons. The fourth-order valence-corrected chi connectivity index (χ4v) is 3.14. The van der Waals surface area contributed by atoms with E-state index in [4.69, 9.17) is 0 Å². The maximum atomic E-state index is 13.1. The van der Waals surface area contributed by atoms with Gasteiger partial charge in [-0.25, -0.2) is 4.39 Å². The summed E-state index contributed by atoms with van der Waals surface area (Å²) in [5, 5.41) is 10.3. The minimum Gasteiger partial charge on any atom is -0.384 e. The van der Waals surface area contributed by atoms with Crippen LogP contribution in [0.15, 0.2) is 28.7 Å². The molecule has 0 saturated heterocycles. The van der Waals surface area contributed by atoms with Crippen LogP contribution in [-0.4, -0.2) is 5.11 Å². The summed E-state index contributed by atoms with van der Waals surface area (Å²) in [6.07, 6.45) is -0.697. The van der Waals surface area contributed by atoms with Crippen molar-refractivity contribution in [3.63, 3.8) is 0 Å². The van der Waals surface area contributed by atoms with Crippen LogP contribution in [0.1, 0.15) is 27.0 Å². The van der Waals surface area contributed by atoms with Crippen LogP contribution in [0, 0.1) is 19.7 Å². The van der Waals surface area contributed by atoms with Gasteiger partial charge in [-0.2, -0.15) is 0 Å². The second-order valence-electron chi connectivity index (χ2n) is 3.94. The SMILES string of the molecule is Cc1cc(C(O)c2ccc(F)c(Br)c2)c(C)s1. The van der Waals surface area contributed by atoms with Gasteiger partial charge >= 0.3 is 0 Å². The first-order chi connectivity index (χ1) is 7.99. The molecule has 0 aliphatic heterocycles. The minimum atomic E-state index is -0.697. The molecule has 0 aliphatic rings. The quantitative estimate of drug-likeness (QED) is 0.873. The number of aliphatic hydroxyl groups is 1. The summed E-state index contributed by atoms with van der Waals surface area (Å²) in [6.45, 7) is 3.99.